The van der Waals surface area contributed by atoms with E-state index in [0.29, 0.717) is 18.8 Å². The molecule has 1 N–H and O–H groups in total. The third kappa shape index (κ3) is 4.49. The summed E-state index contributed by atoms with van der Waals surface area (Å²) in [5.41, 5.74) is 0.587. The minimum atomic E-state index is -0.689. The van der Waals surface area contributed by atoms with Crippen LogP contribution in [-0.2, 0) is 27.4 Å². The average Bonchev–Trinajstić information content (AvgIpc) is 3.29. The van der Waals surface area contributed by atoms with Crippen LogP contribution in [0.25, 0.3) is 0 Å². The molecule has 131 valence electrons. The number of alkyl carbamates (subject to hydrolysis) is 1. The number of nitrogens with one attached hydrogen (secondary N) is 1. The second-order valence-electron chi connectivity index (χ2n) is 4.85. The van der Waals surface area contributed by atoms with Crippen LogP contribution in [-0.4, -0.2) is 34.4 Å². The third-order valence-corrected chi connectivity index (χ3v) is 3.10. The monoisotopic (exact) mass is 349 g/mol. The number of aromatic nitrogens is 2. The molecule has 0 aliphatic carbocycles. The molecule has 1 aliphatic heterocycles. The first-order chi connectivity index (χ1) is 12.1. The van der Waals surface area contributed by atoms with Crippen molar-refractivity contribution in [3.8, 4) is 0 Å². The van der Waals surface area contributed by atoms with Gasteiger partial charge in [-0.3, -0.25) is 10.1 Å². The summed E-state index contributed by atoms with van der Waals surface area (Å²) in [6.45, 7) is 0.803. The van der Waals surface area contributed by atoms with Gasteiger partial charge in [-0.1, -0.05) is 5.16 Å². The number of amides is 1. The van der Waals surface area contributed by atoms with Crippen molar-refractivity contribution in [2.45, 2.75) is 13.2 Å². The number of nitrogens with zero attached hydrogens (tertiary/aromatic N) is 3. The first kappa shape index (κ1) is 16.8. The maximum atomic E-state index is 11.6. The molecule has 2 aromatic rings. The van der Waals surface area contributed by atoms with E-state index in [9.17, 15) is 14.9 Å². The van der Waals surface area contributed by atoms with Crippen LogP contribution in [0, 0.1) is 16.4 Å². The molecule has 0 spiro atoms. The number of hydrogen-bond donors (Lipinski definition) is 1. The van der Waals surface area contributed by atoms with E-state index >= 15 is 0 Å². The van der Waals surface area contributed by atoms with Gasteiger partial charge in [0.25, 0.3) is 11.6 Å². The van der Waals surface area contributed by atoms with E-state index in [-0.39, 0.29) is 36.8 Å². The number of rotatable bonds is 6. The quantitative estimate of drug-likeness (QED) is 0.603. The highest BCUT2D eigenvalue weighted by atomic mass is 16.7. The summed E-state index contributed by atoms with van der Waals surface area (Å²) in [7, 11) is 0. The van der Waals surface area contributed by atoms with Gasteiger partial charge in [0, 0.05) is 12.1 Å². The van der Waals surface area contributed by atoms with Gasteiger partial charge in [0.2, 0.25) is 0 Å². The molecule has 1 saturated heterocycles. The largest absolute Gasteiger partial charge is 0.445 e. The van der Waals surface area contributed by atoms with Crippen LogP contribution >= 0.6 is 0 Å². The number of hydrogen-bond acceptors (Lipinski definition) is 9. The van der Waals surface area contributed by atoms with Crippen molar-refractivity contribution in [3.05, 3.63) is 57.9 Å². The Morgan fingerprint density at radius 1 is 1.28 bits per heavy atom. The van der Waals surface area contributed by atoms with Crippen molar-refractivity contribution < 1.29 is 28.5 Å². The van der Waals surface area contributed by atoms with Gasteiger partial charge in [-0.15, -0.1) is 0 Å². The molecule has 1 aromatic carbocycles. The molecule has 1 aliphatic rings. The maximum Gasteiger partial charge on any atom is 0.407 e. The van der Waals surface area contributed by atoms with Gasteiger partial charge in [0.1, 0.15) is 6.61 Å². The van der Waals surface area contributed by atoms with Gasteiger partial charge in [-0.25, -0.2) is 4.79 Å². The summed E-state index contributed by atoms with van der Waals surface area (Å²) in [5.74, 6) is 0.336. The summed E-state index contributed by atoms with van der Waals surface area (Å²) in [6.07, 6.45) is -0.523. The highest BCUT2D eigenvalue weighted by molar-refractivity contribution is 5.67. The van der Waals surface area contributed by atoms with Crippen LogP contribution in [0.3, 0.4) is 0 Å². The lowest BCUT2D eigenvalue weighted by atomic mass is 10.2. The molecule has 1 fully saturated rings. The minimum Gasteiger partial charge on any atom is -0.445 e. The van der Waals surface area contributed by atoms with Crippen molar-refractivity contribution in [3.63, 3.8) is 0 Å². The molecule has 1 radical (unpaired) electrons. The number of non-ortho nitro benzene ring substituents is 1. The summed E-state index contributed by atoms with van der Waals surface area (Å²) in [6, 6.07) is 5.69. The molecule has 3 rings (SSSR count). The molecule has 11 heteroatoms. The van der Waals surface area contributed by atoms with Gasteiger partial charge in [0.05, 0.1) is 24.7 Å². The molecular weight excluding hydrogens is 336 g/mol. The SMILES string of the molecule is O=C(NCc1noc([C]2OCCO2)n1)OCc1ccc([N+](=O)[O-])cc1. The Morgan fingerprint density at radius 2 is 2.00 bits per heavy atom. The zero-order valence-corrected chi connectivity index (χ0v) is 12.8. The van der Waals surface area contributed by atoms with Crippen molar-refractivity contribution in [1.29, 1.82) is 0 Å². The van der Waals surface area contributed by atoms with Crippen LogP contribution in [0.1, 0.15) is 17.3 Å². The second-order valence-corrected chi connectivity index (χ2v) is 4.85. The fourth-order valence-corrected chi connectivity index (χ4v) is 1.91. The van der Waals surface area contributed by atoms with Gasteiger partial charge in [-0.05, 0) is 17.7 Å². The topological polar surface area (TPSA) is 139 Å². The molecule has 0 unspecified atom stereocenters. The molecule has 0 bridgehead atoms. The number of ether oxygens (including phenoxy) is 3. The third-order valence-electron chi connectivity index (χ3n) is 3.10. The summed E-state index contributed by atoms with van der Waals surface area (Å²) >= 11 is 0. The standard InChI is InChI=1S/C14H13N4O7/c19-14(24-8-9-1-3-10(4-2-9)18(20)21)15-7-11-16-12(25-17-11)13-22-5-6-23-13/h1-4H,5-8H2,(H,15,19). The molecule has 11 nitrogen and oxygen atoms in total. The zero-order chi connectivity index (χ0) is 17.6. The lowest BCUT2D eigenvalue weighted by molar-refractivity contribution is -0.384. The fourth-order valence-electron chi connectivity index (χ4n) is 1.91. The average molecular weight is 349 g/mol. The van der Waals surface area contributed by atoms with E-state index < -0.39 is 11.0 Å². The van der Waals surface area contributed by atoms with Gasteiger partial charge in [0.15, 0.2) is 5.82 Å². The molecule has 0 saturated carbocycles. The normalized spacial score (nSPS) is 14.4. The van der Waals surface area contributed by atoms with Crippen molar-refractivity contribution >= 4 is 11.8 Å². The van der Waals surface area contributed by atoms with E-state index in [1.165, 1.54) is 24.3 Å². The summed E-state index contributed by atoms with van der Waals surface area (Å²) in [5, 5.41) is 16.7. The predicted molar refractivity (Wildman–Crippen MR) is 78.7 cm³/mol. The van der Waals surface area contributed by atoms with E-state index in [1.807, 2.05) is 0 Å². The van der Waals surface area contributed by atoms with E-state index in [2.05, 4.69) is 15.5 Å². The van der Waals surface area contributed by atoms with Crippen molar-refractivity contribution in [2.24, 2.45) is 0 Å². The number of carbonyl (C=O) groups is 1. The molecule has 0 atom stereocenters. The molecule has 2 heterocycles. The smallest absolute Gasteiger partial charge is 0.407 e. The predicted octanol–water partition coefficient (Wildman–Crippen LogP) is 1.29. The Hall–Kier alpha value is -3.05. The Bertz CT molecular complexity index is 740. The second kappa shape index (κ2) is 7.68. The first-order valence-corrected chi connectivity index (χ1v) is 7.21. The van der Waals surface area contributed by atoms with Crippen LogP contribution in [0.5, 0.6) is 0 Å². The van der Waals surface area contributed by atoms with Gasteiger partial charge in [-0.2, -0.15) is 4.98 Å². The molecular formula is C14H13N4O7. The zero-order valence-electron chi connectivity index (χ0n) is 12.8. The van der Waals surface area contributed by atoms with Gasteiger partial charge < -0.3 is 24.1 Å². The lowest BCUT2D eigenvalue weighted by Crippen LogP contribution is -2.24. The van der Waals surface area contributed by atoms with Crippen LogP contribution in [0.2, 0.25) is 0 Å². The Labute approximate surface area is 141 Å². The molecule has 25 heavy (non-hydrogen) atoms. The van der Waals surface area contributed by atoms with Crippen molar-refractivity contribution in [2.75, 3.05) is 13.2 Å². The maximum absolute atomic E-state index is 11.6. The Balaban J connectivity index is 1.42. The Morgan fingerprint density at radius 3 is 2.68 bits per heavy atom. The minimum absolute atomic E-state index is 0.00409. The molecule has 1 amide bonds. The van der Waals surface area contributed by atoms with Crippen LogP contribution < -0.4 is 5.32 Å². The van der Waals surface area contributed by atoms with Gasteiger partial charge >= 0.3 is 12.4 Å². The number of carbonyl (C=O) groups excluding carboxylic acids is 1. The molecule has 1 aromatic heterocycles. The fraction of sp³-hybridized carbons (Fsp3) is 0.286. The lowest BCUT2D eigenvalue weighted by Gasteiger charge is -2.05. The van der Waals surface area contributed by atoms with E-state index in [4.69, 9.17) is 18.7 Å². The number of nitro groups is 1. The van der Waals surface area contributed by atoms with Crippen LogP contribution in [0.15, 0.2) is 28.8 Å². The highest BCUT2D eigenvalue weighted by Gasteiger charge is 2.27. The first-order valence-electron chi connectivity index (χ1n) is 7.21. The Kier molecular flexibility index (Phi) is 5.16. The number of benzene rings is 1. The van der Waals surface area contributed by atoms with Crippen molar-refractivity contribution in [1.82, 2.24) is 15.5 Å². The van der Waals surface area contributed by atoms with Crippen LogP contribution in [0.4, 0.5) is 10.5 Å². The summed E-state index contributed by atoms with van der Waals surface area (Å²) in [4.78, 5) is 25.7. The number of nitro benzene ring substituents is 1. The van der Waals surface area contributed by atoms with E-state index in [1.54, 1.807) is 0 Å². The highest BCUT2D eigenvalue weighted by Crippen LogP contribution is 2.20. The van der Waals surface area contributed by atoms with E-state index in [0.717, 1.165) is 0 Å². The summed E-state index contributed by atoms with van der Waals surface area (Å²) < 4.78 is 20.2.